The number of allylic oxidation sites excluding steroid dienone is 1. The minimum absolute atomic E-state index is 0.299. The lowest BCUT2D eigenvalue weighted by Crippen LogP contribution is -2.43. The Labute approximate surface area is 157 Å². The summed E-state index contributed by atoms with van der Waals surface area (Å²) in [7, 11) is -1.64. The van der Waals surface area contributed by atoms with Crippen molar-refractivity contribution in [2.75, 3.05) is 0 Å². The molecule has 0 rings (SSSR count). The van der Waals surface area contributed by atoms with E-state index in [0.29, 0.717) is 17.1 Å². The van der Waals surface area contributed by atoms with Crippen molar-refractivity contribution < 1.29 is 4.43 Å². The summed E-state index contributed by atoms with van der Waals surface area (Å²) in [6, 6.07) is 0. The zero-order valence-electron chi connectivity index (χ0n) is 15.8. The fourth-order valence-electron chi connectivity index (χ4n) is 2.45. The summed E-state index contributed by atoms with van der Waals surface area (Å²) in [6.07, 6.45) is 7.47. The van der Waals surface area contributed by atoms with Gasteiger partial charge in [-0.15, -0.1) is 0 Å². The van der Waals surface area contributed by atoms with Gasteiger partial charge in [0, 0.05) is 6.10 Å². The van der Waals surface area contributed by atoms with Crippen LogP contribution >= 0.6 is 31.9 Å². The second-order valence-corrected chi connectivity index (χ2v) is 15.8. The Hall–Kier alpha value is 0.877. The molecule has 0 saturated carbocycles. The van der Waals surface area contributed by atoms with Gasteiger partial charge < -0.3 is 4.43 Å². The molecule has 0 aliphatic heterocycles. The van der Waals surface area contributed by atoms with Crippen molar-refractivity contribution in [3.05, 3.63) is 9.47 Å². The van der Waals surface area contributed by atoms with Crippen LogP contribution in [0.3, 0.4) is 0 Å². The molecule has 132 valence electrons. The van der Waals surface area contributed by atoms with Crippen LogP contribution in [0.2, 0.25) is 18.1 Å². The first-order valence-corrected chi connectivity index (χ1v) is 13.1. The third kappa shape index (κ3) is 9.24. The largest absolute Gasteiger partial charge is 0.414 e. The SMILES string of the molecule is CCC(CC[C@@H](C)CC(C)C=C(Br)Br)O[Si](C)(C)C(C)(C)C. The smallest absolute Gasteiger partial charge is 0.192 e. The van der Waals surface area contributed by atoms with Crippen molar-refractivity contribution in [1.82, 2.24) is 0 Å². The van der Waals surface area contributed by atoms with Crippen LogP contribution in [-0.4, -0.2) is 14.4 Å². The van der Waals surface area contributed by atoms with Crippen LogP contribution < -0.4 is 0 Å². The summed E-state index contributed by atoms with van der Waals surface area (Å²) in [4.78, 5) is 0. The van der Waals surface area contributed by atoms with Gasteiger partial charge in [-0.2, -0.15) is 0 Å². The quantitative estimate of drug-likeness (QED) is 0.321. The molecule has 0 saturated heterocycles. The van der Waals surface area contributed by atoms with Crippen LogP contribution in [-0.2, 0) is 4.43 Å². The van der Waals surface area contributed by atoms with Crippen molar-refractivity contribution in [3.8, 4) is 0 Å². The Morgan fingerprint density at radius 3 is 2.09 bits per heavy atom. The Balaban J connectivity index is 4.39. The van der Waals surface area contributed by atoms with Gasteiger partial charge in [0.15, 0.2) is 8.32 Å². The van der Waals surface area contributed by atoms with Crippen LogP contribution in [0, 0.1) is 11.8 Å². The second kappa shape index (κ2) is 10.0. The fourth-order valence-corrected chi connectivity index (χ4v) is 4.82. The zero-order chi connectivity index (χ0) is 17.6. The molecule has 0 aromatic heterocycles. The van der Waals surface area contributed by atoms with Crippen molar-refractivity contribution in [2.45, 2.75) is 91.5 Å². The minimum atomic E-state index is -1.64. The van der Waals surface area contributed by atoms with Crippen LogP contribution in [0.5, 0.6) is 0 Å². The first-order valence-electron chi connectivity index (χ1n) is 8.59. The van der Waals surface area contributed by atoms with Gasteiger partial charge in [-0.25, -0.2) is 0 Å². The maximum absolute atomic E-state index is 6.58. The molecule has 0 N–H and O–H groups in total. The highest BCUT2D eigenvalue weighted by molar-refractivity contribution is 9.28. The third-order valence-corrected chi connectivity index (χ3v) is 9.95. The molecular weight excluding hydrogens is 420 g/mol. The van der Waals surface area contributed by atoms with Gasteiger partial charge in [-0.3, -0.25) is 0 Å². The van der Waals surface area contributed by atoms with Crippen molar-refractivity contribution in [3.63, 3.8) is 0 Å². The predicted molar refractivity (Wildman–Crippen MR) is 110 cm³/mol. The standard InChI is InChI=1S/C18H36Br2OSi/c1-9-16(21-22(7,8)18(4,5)6)11-10-14(2)12-15(3)13-17(19)20/h13-16H,9-12H2,1-8H3/t14-,15?,16?/m1/s1. The van der Waals surface area contributed by atoms with Gasteiger partial charge in [0.1, 0.15) is 0 Å². The lowest BCUT2D eigenvalue weighted by Gasteiger charge is -2.39. The molecule has 1 nitrogen and oxygen atoms in total. The highest BCUT2D eigenvalue weighted by Crippen LogP contribution is 2.38. The number of rotatable bonds is 9. The highest BCUT2D eigenvalue weighted by atomic mass is 79.9. The lowest BCUT2D eigenvalue weighted by atomic mass is 9.92. The molecule has 0 aliphatic rings. The number of halogens is 2. The van der Waals surface area contributed by atoms with Gasteiger partial charge in [-0.05, 0) is 87.5 Å². The minimum Gasteiger partial charge on any atom is -0.414 e. The summed E-state index contributed by atoms with van der Waals surface area (Å²) in [5.41, 5.74) is 0. The molecule has 0 spiro atoms. The Morgan fingerprint density at radius 2 is 1.68 bits per heavy atom. The van der Waals surface area contributed by atoms with Gasteiger partial charge in [0.2, 0.25) is 0 Å². The molecule has 0 fully saturated rings. The van der Waals surface area contributed by atoms with E-state index in [2.05, 4.69) is 92.6 Å². The average Bonchev–Trinajstić information content (AvgIpc) is 2.31. The van der Waals surface area contributed by atoms with Gasteiger partial charge in [0.25, 0.3) is 0 Å². The fraction of sp³-hybridized carbons (Fsp3) is 0.889. The molecule has 3 atom stereocenters. The van der Waals surface area contributed by atoms with E-state index in [4.69, 9.17) is 4.43 Å². The van der Waals surface area contributed by atoms with Crippen molar-refractivity contribution >= 4 is 40.2 Å². The summed E-state index contributed by atoms with van der Waals surface area (Å²) in [5.74, 6) is 1.34. The lowest BCUT2D eigenvalue weighted by molar-refractivity contribution is 0.156. The average molecular weight is 456 g/mol. The monoisotopic (exact) mass is 454 g/mol. The predicted octanol–water partition coefficient (Wildman–Crippen LogP) is 7.86. The molecule has 2 unspecified atom stereocenters. The van der Waals surface area contributed by atoms with E-state index >= 15 is 0 Å². The van der Waals surface area contributed by atoms with Crippen LogP contribution in [0.25, 0.3) is 0 Å². The molecule has 0 aliphatic carbocycles. The normalized spacial score (nSPS) is 17.0. The third-order valence-electron chi connectivity index (χ3n) is 4.89. The summed E-state index contributed by atoms with van der Waals surface area (Å²) < 4.78 is 7.65. The maximum Gasteiger partial charge on any atom is 0.192 e. The van der Waals surface area contributed by atoms with Crippen LogP contribution in [0.4, 0.5) is 0 Å². The highest BCUT2D eigenvalue weighted by Gasteiger charge is 2.38. The van der Waals surface area contributed by atoms with Gasteiger partial charge in [-0.1, -0.05) is 47.6 Å². The van der Waals surface area contributed by atoms with E-state index in [1.807, 2.05) is 0 Å². The van der Waals surface area contributed by atoms with Crippen LogP contribution in [0.15, 0.2) is 9.47 Å². The number of hydrogen-bond acceptors (Lipinski definition) is 1. The van der Waals surface area contributed by atoms with Gasteiger partial charge >= 0.3 is 0 Å². The molecule has 4 heteroatoms. The molecule has 0 aromatic rings. The molecule has 0 amide bonds. The van der Waals surface area contributed by atoms with Crippen molar-refractivity contribution in [1.29, 1.82) is 0 Å². The zero-order valence-corrected chi connectivity index (χ0v) is 20.0. The summed E-state index contributed by atoms with van der Waals surface area (Å²) >= 11 is 6.90. The molecule has 0 radical (unpaired) electrons. The Bertz CT molecular complexity index is 343. The van der Waals surface area contributed by atoms with E-state index in [9.17, 15) is 0 Å². The topological polar surface area (TPSA) is 9.23 Å². The van der Waals surface area contributed by atoms with E-state index < -0.39 is 8.32 Å². The molecule has 0 aromatic carbocycles. The van der Waals surface area contributed by atoms with E-state index in [1.54, 1.807) is 0 Å². The maximum atomic E-state index is 6.58. The molecule has 22 heavy (non-hydrogen) atoms. The van der Waals surface area contributed by atoms with Crippen LogP contribution in [0.1, 0.15) is 67.2 Å². The molecule has 0 bridgehead atoms. The molecular formula is C18H36Br2OSi. The summed E-state index contributed by atoms with van der Waals surface area (Å²) in [5, 5.41) is 0.299. The van der Waals surface area contributed by atoms with E-state index in [1.165, 1.54) is 19.3 Å². The van der Waals surface area contributed by atoms with E-state index in [0.717, 1.165) is 15.7 Å². The van der Waals surface area contributed by atoms with Gasteiger partial charge in [0.05, 0.1) is 3.39 Å². The van der Waals surface area contributed by atoms with E-state index in [-0.39, 0.29) is 0 Å². The molecule has 0 heterocycles. The second-order valence-electron chi connectivity index (χ2n) is 8.26. The Morgan fingerprint density at radius 1 is 1.14 bits per heavy atom. The van der Waals surface area contributed by atoms with Crippen molar-refractivity contribution in [2.24, 2.45) is 11.8 Å². The Kier molecular flexibility index (Phi) is 10.4. The summed E-state index contributed by atoms with van der Waals surface area (Å²) in [6.45, 7) is 18.6. The number of hydrogen-bond donors (Lipinski definition) is 0. The first kappa shape index (κ1) is 22.9. The first-order chi connectivity index (χ1) is 9.89.